The molecule has 0 aliphatic rings. The summed E-state index contributed by atoms with van der Waals surface area (Å²) >= 11 is 0. The van der Waals surface area contributed by atoms with E-state index in [0.29, 0.717) is 12.8 Å². The first-order valence-corrected chi connectivity index (χ1v) is 24.5. The summed E-state index contributed by atoms with van der Waals surface area (Å²) in [6, 6.07) is -0.540. The van der Waals surface area contributed by atoms with E-state index in [0.717, 1.165) is 57.8 Å². The van der Waals surface area contributed by atoms with Crippen molar-refractivity contribution in [2.75, 3.05) is 6.61 Å². The number of hydrogen-bond donors (Lipinski definition) is 3. The maximum absolute atomic E-state index is 12.4. The molecule has 0 radical (unpaired) electrons. The van der Waals surface area contributed by atoms with Gasteiger partial charge in [0, 0.05) is 6.42 Å². The highest BCUT2D eigenvalue weighted by molar-refractivity contribution is 5.76. The zero-order chi connectivity index (χ0) is 40.7. The number of aliphatic hydroxyl groups is 2. The Hall–Kier alpha value is -1.91. The van der Waals surface area contributed by atoms with Crippen molar-refractivity contribution in [3.8, 4) is 0 Å². The second-order valence-electron chi connectivity index (χ2n) is 16.5. The summed E-state index contributed by atoms with van der Waals surface area (Å²) in [5.74, 6) is -0.0353. The fourth-order valence-corrected chi connectivity index (χ4v) is 7.33. The summed E-state index contributed by atoms with van der Waals surface area (Å²) in [7, 11) is 0. The Labute approximate surface area is 349 Å². The Morgan fingerprint density at radius 2 is 0.786 bits per heavy atom. The van der Waals surface area contributed by atoms with E-state index < -0.39 is 12.1 Å². The Bertz CT molecular complexity index is 934. The summed E-state index contributed by atoms with van der Waals surface area (Å²) in [4.78, 5) is 12.4. The van der Waals surface area contributed by atoms with E-state index in [1.807, 2.05) is 0 Å². The van der Waals surface area contributed by atoms with Crippen LogP contribution in [0.4, 0.5) is 0 Å². The minimum Gasteiger partial charge on any atom is -0.394 e. The van der Waals surface area contributed by atoms with E-state index in [1.54, 1.807) is 0 Å². The maximum atomic E-state index is 12.4. The number of rotatable bonds is 44. The molecular weight excluding hydrogens is 687 g/mol. The fourth-order valence-electron chi connectivity index (χ4n) is 7.33. The Kier molecular flexibility index (Phi) is 45.8. The molecule has 0 bridgehead atoms. The molecule has 4 nitrogen and oxygen atoms in total. The molecule has 2 atom stereocenters. The van der Waals surface area contributed by atoms with Crippen LogP contribution in [0.3, 0.4) is 0 Å². The van der Waals surface area contributed by atoms with Gasteiger partial charge in [-0.3, -0.25) is 4.79 Å². The SMILES string of the molecule is CC/C=C\C/C=C\C/C=C\C/C=C\C/C=C\CCCCCCCCCCCCCC(=O)NC(CO)C(O)CCCCCCCCCCCCCCCCCCC. The van der Waals surface area contributed by atoms with E-state index >= 15 is 0 Å². The predicted octanol–water partition coefficient (Wildman–Crippen LogP) is 15.7. The van der Waals surface area contributed by atoms with Gasteiger partial charge < -0.3 is 15.5 Å². The number of carbonyl (C=O) groups excluding carboxylic acids is 1. The molecular formula is C52H95NO3. The minimum absolute atomic E-state index is 0.0353. The van der Waals surface area contributed by atoms with E-state index in [2.05, 4.69) is 79.9 Å². The van der Waals surface area contributed by atoms with Gasteiger partial charge >= 0.3 is 0 Å². The summed E-state index contributed by atoms with van der Waals surface area (Å²) in [5.41, 5.74) is 0. The number of aliphatic hydroxyl groups excluding tert-OH is 2. The highest BCUT2D eigenvalue weighted by Gasteiger charge is 2.20. The number of hydrogen-bond acceptors (Lipinski definition) is 3. The molecule has 56 heavy (non-hydrogen) atoms. The molecule has 0 aromatic rings. The van der Waals surface area contributed by atoms with Gasteiger partial charge in [0.05, 0.1) is 18.8 Å². The summed E-state index contributed by atoms with van der Waals surface area (Å²) in [6.07, 6.45) is 66.0. The van der Waals surface area contributed by atoms with Gasteiger partial charge in [-0.25, -0.2) is 0 Å². The van der Waals surface area contributed by atoms with Crippen molar-refractivity contribution in [3.63, 3.8) is 0 Å². The normalized spacial score (nSPS) is 13.4. The highest BCUT2D eigenvalue weighted by Crippen LogP contribution is 2.16. The third-order valence-electron chi connectivity index (χ3n) is 11.0. The van der Waals surface area contributed by atoms with Crippen LogP contribution in [-0.4, -0.2) is 34.9 Å². The average molecular weight is 782 g/mol. The van der Waals surface area contributed by atoms with Crippen molar-refractivity contribution in [1.82, 2.24) is 5.32 Å². The standard InChI is InChI=1S/C52H95NO3/c1-3-5-7-9-11-13-15-17-19-21-22-23-24-25-26-27-28-29-30-32-34-36-38-40-42-44-46-48-52(56)53-50(49-54)51(55)47-45-43-41-39-37-35-33-31-20-18-16-14-12-10-8-6-4-2/h5,7,11,13,17,19,22-23,25-26,50-51,54-55H,3-4,6,8-10,12,14-16,18,20-21,24,27-49H2,1-2H3,(H,53,56)/b7-5-,13-11-,19-17-,23-22-,26-25-. The molecule has 0 rings (SSSR count). The predicted molar refractivity (Wildman–Crippen MR) is 248 cm³/mol. The quantitative estimate of drug-likeness (QED) is 0.0426. The van der Waals surface area contributed by atoms with E-state index in [1.165, 1.54) is 161 Å². The van der Waals surface area contributed by atoms with Crippen molar-refractivity contribution < 1.29 is 15.0 Å². The van der Waals surface area contributed by atoms with Crippen molar-refractivity contribution in [2.24, 2.45) is 0 Å². The first-order valence-electron chi connectivity index (χ1n) is 24.5. The molecule has 0 heterocycles. The molecule has 0 saturated carbocycles. The number of nitrogens with one attached hydrogen (secondary N) is 1. The number of carbonyl (C=O) groups is 1. The second-order valence-corrected chi connectivity index (χ2v) is 16.5. The minimum atomic E-state index is -0.663. The first-order chi connectivity index (χ1) is 27.7. The molecule has 0 spiro atoms. The third-order valence-corrected chi connectivity index (χ3v) is 11.0. The molecule has 4 heteroatoms. The Morgan fingerprint density at radius 1 is 0.446 bits per heavy atom. The smallest absolute Gasteiger partial charge is 0.220 e. The van der Waals surface area contributed by atoms with Gasteiger partial charge in [0.2, 0.25) is 5.91 Å². The van der Waals surface area contributed by atoms with Crippen LogP contribution >= 0.6 is 0 Å². The van der Waals surface area contributed by atoms with Gasteiger partial charge in [-0.2, -0.15) is 0 Å². The molecule has 0 aromatic carbocycles. The highest BCUT2D eigenvalue weighted by atomic mass is 16.3. The molecule has 0 aliphatic heterocycles. The zero-order valence-electron chi connectivity index (χ0n) is 37.4. The lowest BCUT2D eigenvalue weighted by Crippen LogP contribution is -2.45. The number of amides is 1. The van der Waals surface area contributed by atoms with Gasteiger partial charge in [-0.05, 0) is 57.8 Å². The summed E-state index contributed by atoms with van der Waals surface area (Å²) < 4.78 is 0. The number of allylic oxidation sites excluding steroid dienone is 10. The van der Waals surface area contributed by atoms with Gasteiger partial charge in [-0.15, -0.1) is 0 Å². The Balaban J connectivity index is 3.52. The molecule has 0 saturated heterocycles. The van der Waals surface area contributed by atoms with Crippen LogP contribution in [0.2, 0.25) is 0 Å². The lowest BCUT2D eigenvalue weighted by atomic mass is 10.0. The van der Waals surface area contributed by atoms with Gasteiger partial charge in [0.25, 0.3) is 0 Å². The van der Waals surface area contributed by atoms with Crippen LogP contribution in [-0.2, 0) is 4.79 Å². The Morgan fingerprint density at radius 3 is 1.18 bits per heavy atom. The molecule has 0 fully saturated rings. The molecule has 0 aliphatic carbocycles. The number of unbranched alkanes of at least 4 members (excludes halogenated alkanes) is 27. The molecule has 3 N–H and O–H groups in total. The van der Waals surface area contributed by atoms with Crippen molar-refractivity contribution in [3.05, 3.63) is 60.8 Å². The van der Waals surface area contributed by atoms with Crippen LogP contribution in [0.1, 0.15) is 245 Å². The second kappa shape index (κ2) is 47.5. The van der Waals surface area contributed by atoms with Crippen molar-refractivity contribution >= 4 is 5.91 Å². The topological polar surface area (TPSA) is 69.6 Å². The van der Waals surface area contributed by atoms with Crippen LogP contribution < -0.4 is 5.32 Å². The lowest BCUT2D eigenvalue weighted by molar-refractivity contribution is -0.123. The lowest BCUT2D eigenvalue weighted by Gasteiger charge is -2.22. The van der Waals surface area contributed by atoms with Crippen LogP contribution in [0.25, 0.3) is 0 Å². The fraction of sp³-hybridized carbons (Fsp3) is 0.788. The van der Waals surface area contributed by atoms with E-state index in [4.69, 9.17) is 0 Å². The first kappa shape index (κ1) is 54.1. The zero-order valence-corrected chi connectivity index (χ0v) is 37.4. The van der Waals surface area contributed by atoms with Crippen molar-refractivity contribution in [2.45, 2.75) is 257 Å². The molecule has 0 aromatic heterocycles. The van der Waals surface area contributed by atoms with Crippen LogP contribution in [0.15, 0.2) is 60.8 Å². The van der Waals surface area contributed by atoms with Crippen molar-refractivity contribution in [1.29, 1.82) is 0 Å². The monoisotopic (exact) mass is 782 g/mol. The van der Waals surface area contributed by atoms with E-state index in [-0.39, 0.29) is 12.5 Å². The summed E-state index contributed by atoms with van der Waals surface area (Å²) in [5, 5.41) is 23.2. The van der Waals surface area contributed by atoms with Gasteiger partial charge in [0.15, 0.2) is 0 Å². The third kappa shape index (κ3) is 43.2. The van der Waals surface area contributed by atoms with Crippen LogP contribution in [0, 0.1) is 0 Å². The van der Waals surface area contributed by atoms with Gasteiger partial charge in [0.1, 0.15) is 0 Å². The summed E-state index contributed by atoms with van der Waals surface area (Å²) in [6.45, 7) is 4.25. The van der Waals surface area contributed by atoms with Gasteiger partial charge in [-0.1, -0.05) is 242 Å². The van der Waals surface area contributed by atoms with Crippen LogP contribution in [0.5, 0.6) is 0 Å². The maximum Gasteiger partial charge on any atom is 0.220 e. The molecule has 326 valence electrons. The largest absolute Gasteiger partial charge is 0.394 e. The van der Waals surface area contributed by atoms with E-state index in [9.17, 15) is 15.0 Å². The molecule has 2 unspecified atom stereocenters. The molecule has 1 amide bonds. The average Bonchev–Trinajstić information content (AvgIpc) is 3.20.